The molecular formula is C12H18N2O2. The Kier molecular flexibility index (Phi) is 5.36. The van der Waals surface area contributed by atoms with Crippen molar-refractivity contribution in [1.82, 2.24) is 0 Å². The van der Waals surface area contributed by atoms with Crippen molar-refractivity contribution in [3.05, 3.63) is 29.8 Å². The van der Waals surface area contributed by atoms with E-state index in [1.54, 1.807) is 0 Å². The summed E-state index contributed by atoms with van der Waals surface area (Å²) in [6.07, 6.45) is 1.35. The average molecular weight is 222 g/mol. The van der Waals surface area contributed by atoms with Crippen LogP contribution in [0.2, 0.25) is 0 Å². The molecule has 88 valence electrons. The van der Waals surface area contributed by atoms with Crippen LogP contribution in [0.25, 0.3) is 0 Å². The van der Waals surface area contributed by atoms with Crippen molar-refractivity contribution in [3.63, 3.8) is 0 Å². The molecule has 16 heavy (non-hydrogen) atoms. The zero-order valence-electron chi connectivity index (χ0n) is 9.52. The summed E-state index contributed by atoms with van der Waals surface area (Å²) in [5.74, 6) is 0. The Balaban J connectivity index is 2.70. The standard InChI is InChI=1S/C12H18N2O2/c1-2-12(14-16-9-5-8-15)10-6-3-4-7-11(10)13/h3-4,6-7,15H,2,5,8-9,13H2,1H3/b14-12+. The molecule has 0 amide bonds. The van der Waals surface area contributed by atoms with E-state index in [9.17, 15) is 0 Å². The van der Waals surface area contributed by atoms with Gasteiger partial charge in [-0.25, -0.2) is 0 Å². The molecule has 0 saturated heterocycles. The number of nitrogens with zero attached hydrogens (tertiary/aromatic N) is 1. The van der Waals surface area contributed by atoms with E-state index >= 15 is 0 Å². The molecule has 4 nitrogen and oxygen atoms in total. The van der Waals surface area contributed by atoms with Crippen molar-refractivity contribution >= 4 is 11.4 Å². The summed E-state index contributed by atoms with van der Waals surface area (Å²) in [5, 5.41) is 12.6. The number of rotatable bonds is 6. The highest BCUT2D eigenvalue weighted by molar-refractivity contribution is 6.04. The molecule has 3 N–H and O–H groups in total. The van der Waals surface area contributed by atoms with Gasteiger partial charge in [-0.1, -0.05) is 30.3 Å². The van der Waals surface area contributed by atoms with Gasteiger partial charge in [0.15, 0.2) is 0 Å². The Bertz CT molecular complexity index is 351. The highest BCUT2D eigenvalue weighted by Gasteiger charge is 2.05. The van der Waals surface area contributed by atoms with Crippen LogP contribution in [0.5, 0.6) is 0 Å². The molecule has 1 aromatic rings. The Morgan fingerprint density at radius 3 is 2.81 bits per heavy atom. The van der Waals surface area contributed by atoms with Gasteiger partial charge in [0.05, 0.1) is 5.71 Å². The van der Waals surface area contributed by atoms with Crippen molar-refractivity contribution in [2.75, 3.05) is 18.9 Å². The molecule has 0 bridgehead atoms. The maximum atomic E-state index is 8.60. The van der Waals surface area contributed by atoms with Crippen molar-refractivity contribution in [2.45, 2.75) is 19.8 Å². The van der Waals surface area contributed by atoms with E-state index in [4.69, 9.17) is 15.7 Å². The van der Waals surface area contributed by atoms with Gasteiger partial charge >= 0.3 is 0 Å². The number of nitrogen functional groups attached to an aromatic ring is 1. The van der Waals surface area contributed by atoms with Gasteiger partial charge in [0.2, 0.25) is 0 Å². The molecule has 0 unspecified atom stereocenters. The number of anilines is 1. The van der Waals surface area contributed by atoms with Gasteiger partial charge in [0, 0.05) is 24.3 Å². The van der Waals surface area contributed by atoms with Crippen LogP contribution in [0.1, 0.15) is 25.3 Å². The fourth-order valence-electron chi connectivity index (χ4n) is 1.32. The van der Waals surface area contributed by atoms with E-state index in [0.29, 0.717) is 18.7 Å². The van der Waals surface area contributed by atoms with E-state index in [0.717, 1.165) is 17.7 Å². The Morgan fingerprint density at radius 2 is 2.19 bits per heavy atom. The van der Waals surface area contributed by atoms with Crippen LogP contribution < -0.4 is 5.73 Å². The second-order valence-corrected chi connectivity index (χ2v) is 3.39. The monoisotopic (exact) mass is 222 g/mol. The smallest absolute Gasteiger partial charge is 0.119 e. The van der Waals surface area contributed by atoms with Crippen LogP contribution in [0.3, 0.4) is 0 Å². The fourth-order valence-corrected chi connectivity index (χ4v) is 1.32. The van der Waals surface area contributed by atoms with E-state index in [1.807, 2.05) is 31.2 Å². The number of benzene rings is 1. The van der Waals surface area contributed by atoms with Crippen molar-refractivity contribution in [1.29, 1.82) is 0 Å². The molecule has 1 aromatic carbocycles. The zero-order valence-corrected chi connectivity index (χ0v) is 9.52. The normalized spacial score (nSPS) is 11.5. The first kappa shape index (κ1) is 12.5. The minimum Gasteiger partial charge on any atom is -0.398 e. The van der Waals surface area contributed by atoms with E-state index in [1.165, 1.54) is 0 Å². The summed E-state index contributed by atoms with van der Waals surface area (Å²) < 4.78 is 0. The molecule has 0 aliphatic heterocycles. The predicted octanol–water partition coefficient (Wildman–Crippen LogP) is 1.78. The summed E-state index contributed by atoms with van der Waals surface area (Å²) in [6.45, 7) is 2.54. The molecule has 0 aromatic heterocycles. The first-order valence-corrected chi connectivity index (χ1v) is 5.44. The van der Waals surface area contributed by atoms with Gasteiger partial charge in [-0.15, -0.1) is 0 Å². The number of para-hydroxylation sites is 1. The van der Waals surface area contributed by atoms with Crippen LogP contribution in [0.4, 0.5) is 5.69 Å². The molecule has 0 aliphatic rings. The summed E-state index contributed by atoms with van der Waals surface area (Å²) in [7, 11) is 0. The number of aliphatic hydroxyl groups excluding tert-OH is 1. The van der Waals surface area contributed by atoms with Crippen molar-refractivity contribution < 1.29 is 9.94 Å². The van der Waals surface area contributed by atoms with Crippen LogP contribution in [0, 0.1) is 0 Å². The SMILES string of the molecule is CC/C(=N\OCCCO)c1ccccc1N. The molecule has 0 spiro atoms. The lowest BCUT2D eigenvalue weighted by Gasteiger charge is -2.07. The minimum absolute atomic E-state index is 0.116. The van der Waals surface area contributed by atoms with Crippen LogP contribution in [-0.2, 0) is 4.84 Å². The van der Waals surface area contributed by atoms with Crippen LogP contribution >= 0.6 is 0 Å². The Hall–Kier alpha value is -1.55. The molecule has 0 fully saturated rings. The lowest BCUT2D eigenvalue weighted by atomic mass is 10.1. The zero-order chi connectivity index (χ0) is 11.8. The largest absolute Gasteiger partial charge is 0.398 e. The number of nitrogens with two attached hydrogens (primary N) is 1. The molecule has 1 rings (SSSR count). The van der Waals surface area contributed by atoms with E-state index in [2.05, 4.69) is 5.16 Å². The third kappa shape index (κ3) is 3.55. The Labute approximate surface area is 95.7 Å². The van der Waals surface area contributed by atoms with Crippen molar-refractivity contribution in [3.8, 4) is 0 Å². The molecule has 0 aliphatic carbocycles. The lowest BCUT2D eigenvalue weighted by molar-refractivity contribution is 0.123. The second-order valence-electron chi connectivity index (χ2n) is 3.39. The van der Waals surface area contributed by atoms with Crippen molar-refractivity contribution in [2.24, 2.45) is 5.16 Å². The molecule has 0 radical (unpaired) electrons. The third-order valence-corrected chi connectivity index (χ3v) is 2.18. The molecule has 0 heterocycles. The average Bonchev–Trinajstić information content (AvgIpc) is 2.31. The van der Waals surface area contributed by atoms with E-state index in [-0.39, 0.29) is 6.61 Å². The van der Waals surface area contributed by atoms with Gasteiger partial charge < -0.3 is 15.7 Å². The fraction of sp³-hybridized carbons (Fsp3) is 0.417. The summed E-state index contributed by atoms with van der Waals surface area (Å²) in [4.78, 5) is 5.11. The maximum absolute atomic E-state index is 8.60. The number of aliphatic hydroxyl groups is 1. The van der Waals surface area contributed by atoms with Crippen LogP contribution in [-0.4, -0.2) is 24.0 Å². The minimum atomic E-state index is 0.116. The molecule has 0 saturated carbocycles. The quantitative estimate of drug-likeness (QED) is 0.333. The molecular weight excluding hydrogens is 204 g/mol. The third-order valence-electron chi connectivity index (χ3n) is 2.18. The van der Waals surface area contributed by atoms with Gasteiger partial charge in [0.1, 0.15) is 6.61 Å². The highest BCUT2D eigenvalue weighted by atomic mass is 16.6. The highest BCUT2D eigenvalue weighted by Crippen LogP contribution is 2.13. The molecule has 0 atom stereocenters. The molecule has 4 heteroatoms. The first-order valence-electron chi connectivity index (χ1n) is 5.44. The maximum Gasteiger partial charge on any atom is 0.119 e. The number of hydrogen-bond acceptors (Lipinski definition) is 4. The van der Waals surface area contributed by atoms with Gasteiger partial charge in [-0.05, 0) is 12.5 Å². The predicted molar refractivity (Wildman–Crippen MR) is 65.3 cm³/mol. The second kappa shape index (κ2) is 6.85. The summed E-state index contributed by atoms with van der Waals surface area (Å²) >= 11 is 0. The number of oxime groups is 1. The van der Waals surface area contributed by atoms with Gasteiger partial charge in [0.25, 0.3) is 0 Å². The van der Waals surface area contributed by atoms with E-state index < -0.39 is 0 Å². The number of hydrogen-bond donors (Lipinski definition) is 2. The van der Waals surface area contributed by atoms with Crippen LogP contribution in [0.15, 0.2) is 29.4 Å². The van der Waals surface area contributed by atoms with Gasteiger partial charge in [-0.2, -0.15) is 0 Å². The topological polar surface area (TPSA) is 67.8 Å². The summed E-state index contributed by atoms with van der Waals surface area (Å²) in [6, 6.07) is 7.57. The lowest BCUT2D eigenvalue weighted by Crippen LogP contribution is -2.05. The first-order chi connectivity index (χ1) is 7.79. The Morgan fingerprint density at radius 1 is 1.44 bits per heavy atom. The van der Waals surface area contributed by atoms with Gasteiger partial charge in [-0.3, -0.25) is 0 Å². The summed E-state index contributed by atoms with van der Waals surface area (Å²) in [5.41, 5.74) is 8.29.